The van der Waals surface area contributed by atoms with Crippen LogP contribution in [-0.2, 0) is 0 Å². The summed E-state index contributed by atoms with van der Waals surface area (Å²) in [5.41, 5.74) is 0.579. The van der Waals surface area contributed by atoms with Crippen molar-refractivity contribution in [3.05, 3.63) is 17.7 Å². The van der Waals surface area contributed by atoms with Crippen molar-refractivity contribution in [2.24, 2.45) is 0 Å². The van der Waals surface area contributed by atoms with Gasteiger partial charge in [0.1, 0.15) is 0 Å². The summed E-state index contributed by atoms with van der Waals surface area (Å²) in [4.78, 5) is 14.9. The number of carbonyl (C=O) groups is 1. The van der Waals surface area contributed by atoms with Crippen LogP contribution in [-0.4, -0.2) is 44.7 Å². The molecular formula is C17H25NO4. The molecule has 1 atom stereocenters. The second-order valence-electron chi connectivity index (χ2n) is 5.47. The van der Waals surface area contributed by atoms with E-state index in [1.165, 1.54) is 6.42 Å². The first-order valence-electron chi connectivity index (χ1n) is 7.77. The molecule has 1 aromatic rings. The van der Waals surface area contributed by atoms with E-state index >= 15 is 0 Å². The highest BCUT2D eigenvalue weighted by atomic mass is 16.5. The molecule has 0 saturated carbocycles. The molecule has 0 N–H and O–H groups in total. The lowest BCUT2D eigenvalue weighted by molar-refractivity contribution is 0.0607. The van der Waals surface area contributed by atoms with Gasteiger partial charge in [0.15, 0.2) is 11.5 Å². The second-order valence-corrected chi connectivity index (χ2v) is 5.47. The van der Waals surface area contributed by atoms with Crippen LogP contribution in [0.15, 0.2) is 12.1 Å². The van der Waals surface area contributed by atoms with E-state index in [1.54, 1.807) is 33.5 Å². The zero-order valence-electron chi connectivity index (χ0n) is 13.8. The van der Waals surface area contributed by atoms with Crippen LogP contribution in [0.25, 0.3) is 0 Å². The number of hydrogen-bond acceptors (Lipinski definition) is 4. The number of hydrogen-bond donors (Lipinski definition) is 0. The summed E-state index contributed by atoms with van der Waals surface area (Å²) in [6, 6.07) is 3.77. The van der Waals surface area contributed by atoms with Crippen LogP contribution in [0.4, 0.5) is 0 Å². The Labute approximate surface area is 132 Å². The van der Waals surface area contributed by atoms with Crippen LogP contribution >= 0.6 is 0 Å². The van der Waals surface area contributed by atoms with Gasteiger partial charge in [0, 0.05) is 18.2 Å². The fraction of sp³-hybridized carbons (Fsp3) is 0.588. The van der Waals surface area contributed by atoms with Crippen molar-refractivity contribution >= 4 is 5.91 Å². The largest absolute Gasteiger partial charge is 0.493 e. The van der Waals surface area contributed by atoms with E-state index in [9.17, 15) is 4.79 Å². The molecule has 22 heavy (non-hydrogen) atoms. The number of ether oxygens (including phenoxy) is 3. The van der Waals surface area contributed by atoms with Gasteiger partial charge in [0.25, 0.3) is 5.91 Å². The van der Waals surface area contributed by atoms with Crippen molar-refractivity contribution in [1.82, 2.24) is 4.90 Å². The summed E-state index contributed by atoms with van der Waals surface area (Å²) in [6.07, 6.45) is 4.31. The molecular weight excluding hydrogens is 282 g/mol. The molecule has 122 valence electrons. The number of benzene rings is 1. The first kappa shape index (κ1) is 16.5. The van der Waals surface area contributed by atoms with Gasteiger partial charge in [-0.3, -0.25) is 4.79 Å². The maximum atomic E-state index is 12.9. The van der Waals surface area contributed by atoms with E-state index in [0.717, 1.165) is 25.8 Å². The molecule has 5 nitrogen and oxygen atoms in total. The van der Waals surface area contributed by atoms with Crippen molar-refractivity contribution in [3.63, 3.8) is 0 Å². The van der Waals surface area contributed by atoms with Gasteiger partial charge in [-0.2, -0.15) is 0 Å². The van der Waals surface area contributed by atoms with Gasteiger partial charge in [-0.1, -0.05) is 6.92 Å². The predicted molar refractivity (Wildman–Crippen MR) is 85.1 cm³/mol. The van der Waals surface area contributed by atoms with E-state index in [2.05, 4.69) is 6.92 Å². The van der Waals surface area contributed by atoms with E-state index in [1.807, 2.05) is 4.90 Å². The highest BCUT2D eigenvalue weighted by Gasteiger charge is 2.27. The number of rotatable bonds is 5. The monoisotopic (exact) mass is 307 g/mol. The minimum Gasteiger partial charge on any atom is -0.493 e. The Balaban J connectivity index is 2.36. The molecule has 0 spiro atoms. The van der Waals surface area contributed by atoms with E-state index in [0.29, 0.717) is 28.9 Å². The van der Waals surface area contributed by atoms with Gasteiger partial charge in [0.2, 0.25) is 5.75 Å². The van der Waals surface area contributed by atoms with Crippen LogP contribution < -0.4 is 14.2 Å². The Bertz CT molecular complexity index is 504. The van der Waals surface area contributed by atoms with E-state index < -0.39 is 0 Å². The molecule has 1 aliphatic heterocycles. The summed E-state index contributed by atoms with van der Waals surface area (Å²) in [5.74, 6) is 1.56. The van der Waals surface area contributed by atoms with Crippen LogP contribution in [0.3, 0.4) is 0 Å². The molecule has 0 radical (unpaired) electrons. The van der Waals surface area contributed by atoms with E-state index in [4.69, 9.17) is 14.2 Å². The molecule has 1 fully saturated rings. The molecule has 0 unspecified atom stereocenters. The summed E-state index contributed by atoms with van der Waals surface area (Å²) in [5, 5.41) is 0. The first-order valence-corrected chi connectivity index (χ1v) is 7.77. The first-order chi connectivity index (χ1) is 10.7. The highest BCUT2D eigenvalue weighted by molar-refractivity contribution is 5.96. The molecule has 1 aliphatic rings. The topological polar surface area (TPSA) is 48.0 Å². The number of amides is 1. The number of nitrogens with zero attached hydrogens (tertiary/aromatic N) is 1. The molecule has 2 rings (SSSR count). The Morgan fingerprint density at radius 1 is 1.14 bits per heavy atom. The van der Waals surface area contributed by atoms with Crippen LogP contribution in [0, 0.1) is 0 Å². The third kappa shape index (κ3) is 3.13. The Morgan fingerprint density at radius 2 is 1.77 bits per heavy atom. The Morgan fingerprint density at radius 3 is 2.27 bits per heavy atom. The molecule has 0 bridgehead atoms. The zero-order valence-corrected chi connectivity index (χ0v) is 13.8. The third-order valence-corrected chi connectivity index (χ3v) is 4.27. The fourth-order valence-electron chi connectivity index (χ4n) is 3.06. The molecule has 1 saturated heterocycles. The molecule has 0 aromatic heterocycles. The standard InChI is InChI=1S/C17H25NO4/c1-5-13-8-6-7-9-18(13)17(19)12-10-14(20-2)16(22-4)15(11-12)21-3/h10-11,13H,5-9H2,1-4H3/t13-/m1/s1. The number of methoxy groups -OCH3 is 3. The van der Waals surface area contributed by atoms with Crippen molar-refractivity contribution < 1.29 is 19.0 Å². The molecule has 1 amide bonds. The van der Waals surface area contributed by atoms with Gasteiger partial charge >= 0.3 is 0 Å². The summed E-state index contributed by atoms with van der Waals surface area (Å²) in [6.45, 7) is 2.94. The van der Waals surface area contributed by atoms with Crippen LogP contribution in [0.1, 0.15) is 43.0 Å². The van der Waals surface area contributed by atoms with Crippen LogP contribution in [0.2, 0.25) is 0 Å². The fourth-order valence-corrected chi connectivity index (χ4v) is 3.06. The lowest BCUT2D eigenvalue weighted by Crippen LogP contribution is -2.43. The molecule has 1 aromatic carbocycles. The van der Waals surface area contributed by atoms with Gasteiger partial charge in [-0.25, -0.2) is 0 Å². The lowest BCUT2D eigenvalue weighted by Gasteiger charge is -2.35. The van der Waals surface area contributed by atoms with E-state index in [-0.39, 0.29) is 5.91 Å². The summed E-state index contributed by atoms with van der Waals surface area (Å²) in [7, 11) is 4.67. The average molecular weight is 307 g/mol. The maximum absolute atomic E-state index is 12.9. The molecule has 5 heteroatoms. The molecule has 1 heterocycles. The van der Waals surface area contributed by atoms with Crippen LogP contribution in [0.5, 0.6) is 17.2 Å². The second kappa shape index (κ2) is 7.38. The Hall–Kier alpha value is -1.91. The molecule has 0 aliphatic carbocycles. The van der Waals surface area contributed by atoms with Gasteiger partial charge < -0.3 is 19.1 Å². The summed E-state index contributed by atoms with van der Waals surface area (Å²) < 4.78 is 16.0. The quantitative estimate of drug-likeness (QED) is 0.838. The average Bonchev–Trinajstić information content (AvgIpc) is 2.59. The normalized spacial score (nSPS) is 18.0. The van der Waals surface area contributed by atoms with Gasteiger partial charge in [0.05, 0.1) is 21.3 Å². The minimum absolute atomic E-state index is 0.0332. The maximum Gasteiger partial charge on any atom is 0.254 e. The van der Waals surface area contributed by atoms with Crippen molar-refractivity contribution in [3.8, 4) is 17.2 Å². The number of carbonyl (C=O) groups excluding carboxylic acids is 1. The van der Waals surface area contributed by atoms with Crippen molar-refractivity contribution in [1.29, 1.82) is 0 Å². The van der Waals surface area contributed by atoms with Crippen molar-refractivity contribution in [2.45, 2.75) is 38.6 Å². The Kier molecular flexibility index (Phi) is 5.52. The minimum atomic E-state index is 0.0332. The zero-order chi connectivity index (χ0) is 16.1. The summed E-state index contributed by atoms with van der Waals surface area (Å²) >= 11 is 0. The highest BCUT2D eigenvalue weighted by Crippen LogP contribution is 2.38. The third-order valence-electron chi connectivity index (χ3n) is 4.27. The lowest BCUT2D eigenvalue weighted by atomic mass is 9.98. The number of likely N-dealkylation sites (tertiary alicyclic amines) is 1. The number of piperidine rings is 1. The SMILES string of the molecule is CC[C@@H]1CCCCN1C(=O)c1cc(OC)c(OC)c(OC)c1. The predicted octanol–water partition coefficient (Wildman–Crippen LogP) is 3.12. The smallest absolute Gasteiger partial charge is 0.254 e. The van der Waals surface area contributed by atoms with Gasteiger partial charge in [-0.05, 0) is 37.8 Å². The van der Waals surface area contributed by atoms with Gasteiger partial charge in [-0.15, -0.1) is 0 Å². The van der Waals surface area contributed by atoms with Crippen molar-refractivity contribution in [2.75, 3.05) is 27.9 Å².